The molecule has 1 heterocycles. The Bertz CT molecular complexity index is 1030. The van der Waals surface area contributed by atoms with Gasteiger partial charge in [-0.25, -0.2) is 14.5 Å². The highest BCUT2D eigenvalue weighted by atomic mass is 16.6. The number of carbonyl (C=O) groups excluding carboxylic acids is 2. The van der Waals surface area contributed by atoms with Gasteiger partial charge in [-0.15, -0.1) is 0 Å². The lowest BCUT2D eigenvalue weighted by Crippen LogP contribution is -2.29. The van der Waals surface area contributed by atoms with E-state index < -0.39 is 39.9 Å². The number of carboxylic acid groups (broad SMARTS) is 2. The van der Waals surface area contributed by atoms with Crippen LogP contribution in [-0.4, -0.2) is 38.9 Å². The topological polar surface area (TPSA) is 155 Å². The maximum absolute atomic E-state index is 12.5. The molecule has 0 spiro atoms. The molecule has 2 N–H and O–H groups in total. The Hall–Kier alpha value is -4.08. The van der Waals surface area contributed by atoms with Gasteiger partial charge in [0.05, 0.1) is 27.3 Å². The highest BCUT2D eigenvalue weighted by molar-refractivity contribution is 6.34. The van der Waals surface area contributed by atoms with E-state index >= 15 is 0 Å². The van der Waals surface area contributed by atoms with E-state index in [0.717, 1.165) is 30.3 Å². The van der Waals surface area contributed by atoms with E-state index in [-0.39, 0.29) is 22.4 Å². The number of carboxylic acids is 2. The van der Waals surface area contributed by atoms with Gasteiger partial charge in [-0.05, 0) is 30.3 Å². The van der Waals surface area contributed by atoms with E-state index in [2.05, 4.69) is 0 Å². The summed E-state index contributed by atoms with van der Waals surface area (Å²) in [6.07, 6.45) is 0. The molecule has 0 unspecified atom stereocenters. The second-order valence-corrected chi connectivity index (χ2v) is 5.27. The molecule has 2 aromatic carbocycles. The highest BCUT2D eigenvalue weighted by Gasteiger charge is 2.38. The second-order valence-electron chi connectivity index (χ2n) is 5.27. The predicted molar refractivity (Wildman–Crippen MR) is 84.6 cm³/mol. The predicted octanol–water partition coefficient (Wildman–Crippen LogP) is 1.79. The van der Waals surface area contributed by atoms with Crippen LogP contribution in [-0.2, 0) is 0 Å². The number of nitro benzene ring substituents is 1. The SMILES string of the molecule is O=C(O)c1ccc2c(c1)C(=O)N(c1ccc(C(=O)O)c([N+](=O)[O-])c1)C2=O. The van der Waals surface area contributed by atoms with Crippen molar-refractivity contribution in [3.8, 4) is 0 Å². The van der Waals surface area contributed by atoms with Gasteiger partial charge >= 0.3 is 11.9 Å². The third kappa shape index (κ3) is 2.45. The van der Waals surface area contributed by atoms with E-state index in [1.165, 1.54) is 6.07 Å². The maximum atomic E-state index is 12.5. The number of nitrogens with zero attached hydrogens (tertiary/aromatic N) is 2. The molecule has 2 aromatic rings. The number of rotatable bonds is 4. The van der Waals surface area contributed by atoms with Crippen molar-refractivity contribution in [2.75, 3.05) is 4.90 Å². The van der Waals surface area contributed by atoms with Crippen molar-refractivity contribution >= 4 is 35.1 Å². The molecule has 0 atom stereocenters. The van der Waals surface area contributed by atoms with Crippen LogP contribution in [0.25, 0.3) is 0 Å². The van der Waals surface area contributed by atoms with Gasteiger partial charge < -0.3 is 10.2 Å². The highest BCUT2D eigenvalue weighted by Crippen LogP contribution is 2.32. The first-order valence-corrected chi connectivity index (χ1v) is 7.00. The molecule has 1 aliphatic rings. The second kappa shape index (κ2) is 5.77. The number of carbonyl (C=O) groups is 4. The summed E-state index contributed by atoms with van der Waals surface area (Å²) in [7, 11) is 0. The third-order valence-electron chi connectivity index (χ3n) is 3.80. The van der Waals surface area contributed by atoms with Crippen molar-refractivity contribution in [3.05, 3.63) is 68.8 Å². The molecule has 0 saturated heterocycles. The monoisotopic (exact) mass is 356 g/mol. The number of aromatic carboxylic acids is 2. The molecule has 26 heavy (non-hydrogen) atoms. The fraction of sp³-hybridized carbons (Fsp3) is 0. The molecule has 130 valence electrons. The van der Waals surface area contributed by atoms with Crippen LogP contribution in [0.15, 0.2) is 36.4 Å². The summed E-state index contributed by atoms with van der Waals surface area (Å²) in [6, 6.07) is 6.20. The zero-order valence-corrected chi connectivity index (χ0v) is 12.7. The van der Waals surface area contributed by atoms with Gasteiger partial charge in [-0.2, -0.15) is 0 Å². The van der Waals surface area contributed by atoms with E-state index in [0.29, 0.717) is 4.90 Å². The summed E-state index contributed by atoms with van der Waals surface area (Å²) < 4.78 is 0. The standard InChI is InChI=1S/C16H8N2O8/c19-13-9-3-1-7(15(21)22)5-11(9)14(20)17(13)8-2-4-10(16(23)24)12(6-8)18(25)26/h1-6H,(H,21,22)(H,23,24). The number of nitro groups is 1. The van der Waals surface area contributed by atoms with Crippen molar-refractivity contribution in [2.45, 2.75) is 0 Å². The summed E-state index contributed by atoms with van der Waals surface area (Å²) >= 11 is 0. The van der Waals surface area contributed by atoms with Crippen LogP contribution in [0, 0.1) is 10.1 Å². The Kier molecular flexibility index (Phi) is 3.72. The molecule has 0 bridgehead atoms. The maximum Gasteiger partial charge on any atom is 0.342 e. The molecule has 10 heteroatoms. The van der Waals surface area contributed by atoms with E-state index in [1.54, 1.807) is 0 Å². The van der Waals surface area contributed by atoms with E-state index in [1.807, 2.05) is 0 Å². The van der Waals surface area contributed by atoms with Crippen LogP contribution in [0.4, 0.5) is 11.4 Å². The molecule has 0 saturated carbocycles. The molecule has 1 aliphatic heterocycles. The van der Waals surface area contributed by atoms with Crippen molar-refractivity contribution in [2.24, 2.45) is 0 Å². The summed E-state index contributed by atoms with van der Waals surface area (Å²) in [6.45, 7) is 0. The van der Waals surface area contributed by atoms with Crippen LogP contribution in [0.3, 0.4) is 0 Å². The average molecular weight is 356 g/mol. The number of benzene rings is 2. The number of fused-ring (bicyclic) bond motifs is 1. The van der Waals surface area contributed by atoms with Crippen molar-refractivity contribution in [1.82, 2.24) is 0 Å². The van der Waals surface area contributed by atoms with Gasteiger partial charge in [0.25, 0.3) is 17.5 Å². The van der Waals surface area contributed by atoms with Gasteiger partial charge in [0.1, 0.15) is 5.56 Å². The Morgan fingerprint density at radius 1 is 0.923 bits per heavy atom. The molecule has 0 aromatic heterocycles. The Labute approximate surface area is 144 Å². The first-order chi connectivity index (χ1) is 12.2. The zero-order chi connectivity index (χ0) is 19.2. The third-order valence-corrected chi connectivity index (χ3v) is 3.80. The average Bonchev–Trinajstić information content (AvgIpc) is 2.84. The van der Waals surface area contributed by atoms with Gasteiger partial charge in [0.2, 0.25) is 0 Å². The molecular weight excluding hydrogens is 348 g/mol. The Morgan fingerprint density at radius 2 is 1.58 bits per heavy atom. The fourth-order valence-electron chi connectivity index (χ4n) is 2.60. The van der Waals surface area contributed by atoms with Gasteiger partial charge in [0, 0.05) is 6.07 Å². The van der Waals surface area contributed by atoms with Crippen molar-refractivity contribution in [1.29, 1.82) is 0 Å². The number of imide groups is 1. The molecular formula is C16H8N2O8. The summed E-state index contributed by atoms with van der Waals surface area (Å²) in [4.78, 5) is 57.8. The van der Waals surface area contributed by atoms with Crippen LogP contribution in [0.2, 0.25) is 0 Å². The first-order valence-electron chi connectivity index (χ1n) is 7.00. The quantitative estimate of drug-likeness (QED) is 0.477. The van der Waals surface area contributed by atoms with Gasteiger partial charge in [-0.1, -0.05) is 0 Å². The summed E-state index contributed by atoms with van der Waals surface area (Å²) in [5.41, 5.74) is -1.96. The molecule has 3 rings (SSSR count). The van der Waals surface area contributed by atoms with Crippen molar-refractivity contribution in [3.63, 3.8) is 0 Å². The van der Waals surface area contributed by atoms with Crippen LogP contribution in [0.1, 0.15) is 41.4 Å². The van der Waals surface area contributed by atoms with Crippen LogP contribution in [0.5, 0.6) is 0 Å². The lowest BCUT2D eigenvalue weighted by Gasteiger charge is -2.14. The smallest absolute Gasteiger partial charge is 0.342 e. The molecule has 2 amide bonds. The van der Waals surface area contributed by atoms with Crippen LogP contribution < -0.4 is 4.90 Å². The normalized spacial score (nSPS) is 12.8. The van der Waals surface area contributed by atoms with Crippen LogP contribution >= 0.6 is 0 Å². The molecule has 10 nitrogen and oxygen atoms in total. The Balaban J connectivity index is 2.11. The van der Waals surface area contributed by atoms with E-state index in [4.69, 9.17) is 10.2 Å². The zero-order valence-electron chi connectivity index (χ0n) is 12.7. The van der Waals surface area contributed by atoms with Gasteiger partial charge in [0.15, 0.2) is 0 Å². The van der Waals surface area contributed by atoms with Crippen molar-refractivity contribution < 1.29 is 34.3 Å². The lowest BCUT2D eigenvalue weighted by atomic mass is 10.1. The first kappa shape index (κ1) is 16.8. The lowest BCUT2D eigenvalue weighted by molar-refractivity contribution is -0.385. The molecule has 0 aliphatic carbocycles. The summed E-state index contributed by atoms with van der Waals surface area (Å²) in [5.74, 6) is -4.46. The number of hydrogen-bond acceptors (Lipinski definition) is 6. The number of anilines is 1. The number of hydrogen-bond donors (Lipinski definition) is 2. The minimum absolute atomic E-state index is 0.0510. The fourth-order valence-corrected chi connectivity index (χ4v) is 2.60. The number of amides is 2. The molecule has 0 fully saturated rings. The largest absolute Gasteiger partial charge is 0.478 e. The van der Waals surface area contributed by atoms with Gasteiger partial charge in [-0.3, -0.25) is 19.7 Å². The molecule has 0 radical (unpaired) electrons. The summed E-state index contributed by atoms with van der Waals surface area (Å²) in [5, 5.41) is 29.1. The minimum Gasteiger partial charge on any atom is -0.478 e. The van der Waals surface area contributed by atoms with E-state index in [9.17, 15) is 29.3 Å². The Morgan fingerprint density at radius 3 is 2.15 bits per heavy atom. The minimum atomic E-state index is -1.53.